The first-order chi connectivity index (χ1) is 9.24. The molecule has 1 aliphatic carbocycles. The molecule has 1 saturated carbocycles. The minimum absolute atomic E-state index is 0.0787. The SMILES string of the molecule is CC(NC1CC(c2ccccc2F)C1)c1ncc[nH]1. The van der Waals surface area contributed by atoms with Gasteiger partial charge in [0.25, 0.3) is 0 Å². The lowest BCUT2D eigenvalue weighted by molar-refractivity contribution is 0.263. The third-order valence-electron chi connectivity index (χ3n) is 3.90. The molecule has 0 bridgehead atoms. The topological polar surface area (TPSA) is 40.7 Å². The average Bonchev–Trinajstić information content (AvgIpc) is 2.88. The zero-order chi connectivity index (χ0) is 13.2. The fraction of sp³-hybridized carbons (Fsp3) is 0.400. The number of nitrogens with zero attached hydrogens (tertiary/aromatic N) is 1. The monoisotopic (exact) mass is 259 g/mol. The van der Waals surface area contributed by atoms with Crippen molar-refractivity contribution in [1.29, 1.82) is 0 Å². The van der Waals surface area contributed by atoms with Crippen LogP contribution in [0, 0.1) is 5.82 Å². The Morgan fingerprint density at radius 2 is 2.16 bits per heavy atom. The van der Waals surface area contributed by atoms with Crippen LogP contribution in [-0.4, -0.2) is 16.0 Å². The van der Waals surface area contributed by atoms with Crippen molar-refractivity contribution in [3.63, 3.8) is 0 Å². The van der Waals surface area contributed by atoms with Gasteiger partial charge in [-0.25, -0.2) is 9.37 Å². The van der Waals surface area contributed by atoms with E-state index >= 15 is 0 Å². The van der Waals surface area contributed by atoms with Crippen LogP contribution >= 0.6 is 0 Å². The van der Waals surface area contributed by atoms with Crippen molar-refractivity contribution in [2.75, 3.05) is 0 Å². The van der Waals surface area contributed by atoms with E-state index in [0.29, 0.717) is 12.0 Å². The van der Waals surface area contributed by atoms with Gasteiger partial charge in [0.2, 0.25) is 0 Å². The molecule has 1 fully saturated rings. The fourth-order valence-electron chi connectivity index (χ4n) is 2.76. The van der Waals surface area contributed by atoms with Crippen LogP contribution in [0.1, 0.15) is 43.1 Å². The molecule has 1 heterocycles. The standard InChI is InChI=1S/C15H18FN3/c1-10(15-17-6-7-18-15)19-12-8-11(9-12)13-4-2-3-5-14(13)16/h2-7,10-12,19H,8-9H2,1H3,(H,17,18). The second-order valence-electron chi connectivity index (χ2n) is 5.25. The van der Waals surface area contributed by atoms with Crippen LogP contribution in [0.4, 0.5) is 4.39 Å². The van der Waals surface area contributed by atoms with Gasteiger partial charge in [0, 0.05) is 18.4 Å². The number of benzene rings is 1. The molecule has 2 N–H and O–H groups in total. The van der Waals surface area contributed by atoms with Gasteiger partial charge in [0.05, 0.1) is 6.04 Å². The maximum Gasteiger partial charge on any atom is 0.126 e. The lowest BCUT2D eigenvalue weighted by Gasteiger charge is -2.38. The maximum absolute atomic E-state index is 13.6. The van der Waals surface area contributed by atoms with Gasteiger partial charge < -0.3 is 10.3 Å². The Kier molecular flexibility index (Phi) is 3.34. The Labute approximate surface area is 112 Å². The lowest BCUT2D eigenvalue weighted by atomic mass is 9.75. The Hall–Kier alpha value is -1.68. The van der Waals surface area contributed by atoms with E-state index in [9.17, 15) is 4.39 Å². The molecule has 0 spiro atoms. The van der Waals surface area contributed by atoms with Gasteiger partial charge in [-0.2, -0.15) is 0 Å². The van der Waals surface area contributed by atoms with E-state index in [1.807, 2.05) is 18.3 Å². The van der Waals surface area contributed by atoms with Crippen molar-refractivity contribution >= 4 is 0 Å². The Balaban J connectivity index is 1.55. The molecular formula is C15H18FN3. The van der Waals surface area contributed by atoms with Crippen LogP contribution in [0.2, 0.25) is 0 Å². The average molecular weight is 259 g/mol. The lowest BCUT2D eigenvalue weighted by Crippen LogP contribution is -2.41. The number of imidazole rings is 1. The molecule has 19 heavy (non-hydrogen) atoms. The Bertz CT molecular complexity index is 532. The summed E-state index contributed by atoms with van der Waals surface area (Å²) >= 11 is 0. The van der Waals surface area contributed by atoms with Crippen molar-refractivity contribution < 1.29 is 4.39 Å². The van der Waals surface area contributed by atoms with Crippen molar-refractivity contribution in [3.8, 4) is 0 Å². The highest BCUT2D eigenvalue weighted by atomic mass is 19.1. The van der Waals surface area contributed by atoms with Crippen molar-refractivity contribution in [2.24, 2.45) is 0 Å². The molecule has 0 aliphatic heterocycles. The van der Waals surface area contributed by atoms with E-state index in [-0.39, 0.29) is 11.9 Å². The molecular weight excluding hydrogens is 241 g/mol. The van der Waals surface area contributed by atoms with E-state index in [2.05, 4.69) is 22.2 Å². The molecule has 0 radical (unpaired) electrons. The number of hydrogen-bond donors (Lipinski definition) is 2. The molecule has 4 heteroatoms. The molecule has 0 amide bonds. The molecule has 1 unspecified atom stereocenters. The predicted molar refractivity (Wildman–Crippen MR) is 72.3 cm³/mol. The van der Waals surface area contributed by atoms with Crippen LogP contribution < -0.4 is 5.32 Å². The smallest absolute Gasteiger partial charge is 0.126 e. The second-order valence-corrected chi connectivity index (χ2v) is 5.25. The van der Waals surface area contributed by atoms with Gasteiger partial charge in [-0.15, -0.1) is 0 Å². The van der Waals surface area contributed by atoms with Crippen LogP contribution in [0.15, 0.2) is 36.7 Å². The highest BCUT2D eigenvalue weighted by molar-refractivity contribution is 5.24. The summed E-state index contributed by atoms with van der Waals surface area (Å²) < 4.78 is 13.6. The van der Waals surface area contributed by atoms with Crippen LogP contribution in [-0.2, 0) is 0 Å². The predicted octanol–water partition coefficient (Wildman–Crippen LogP) is 3.15. The minimum atomic E-state index is -0.0787. The van der Waals surface area contributed by atoms with E-state index in [1.165, 1.54) is 0 Å². The van der Waals surface area contributed by atoms with Gasteiger partial charge in [-0.3, -0.25) is 0 Å². The van der Waals surface area contributed by atoms with Gasteiger partial charge >= 0.3 is 0 Å². The van der Waals surface area contributed by atoms with E-state index in [1.54, 1.807) is 18.3 Å². The number of halogens is 1. The number of aromatic nitrogens is 2. The molecule has 1 aliphatic rings. The summed E-state index contributed by atoms with van der Waals surface area (Å²) in [5.41, 5.74) is 0.853. The summed E-state index contributed by atoms with van der Waals surface area (Å²) in [5, 5.41) is 3.52. The highest BCUT2D eigenvalue weighted by Crippen LogP contribution is 2.38. The molecule has 1 aromatic heterocycles. The fourth-order valence-corrected chi connectivity index (χ4v) is 2.76. The van der Waals surface area contributed by atoms with Gasteiger partial charge in [-0.1, -0.05) is 18.2 Å². The molecule has 3 nitrogen and oxygen atoms in total. The first-order valence-corrected chi connectivity index (χ1v) is 6.74. The van der Waals surface area contributed by atoms with E-state index in [0.717, 1.165) is 24.2 Å². The summed E-state index contributed by atoms with van der Waals surface area (Å²) in [4.78, 5) is 7.35. The zero-order valence-electron chi connectivity index (χ0n) is 10.9. The largest absolute Gasteiger partial charge is 0.347 e. The maximum atomic E-state index is 13.6. The highest BCUT2D eigenvalue weighted by Gasteiger charge is 2.32. The minimum Gasteiger partial charge on any atom is -0.347 e. The van der Waals surface area contributed by atoms with Crippen molar-refractivity contribution in [1.82, 2.24) is 15.3 Å². The number of H-pyrrole nitrogens is 1. The molecule has 3 rings (SSSR count). The number of hydrogen-bond acceptors (Lipinski definition) is 2. The van der Waals surface area contributed by atoms with E-state index in [4.69, 9.17) is 0 Å². The third kappa shape index (κ3) is 2.54. The molecule has 2 aromatic rings. The van der Waals surface area contributed by atoms with Crippen LogP contribution in [0.25, 0.3) is 0 Å². The molecule has 0 saturated heterocycles. The van der Waals surface area contributed by atoms with Crippen molar-refractivity contribution in [3.05, 3.63) is 53.9 Å². The quantitative estimate of drug-likeness (QED) is 0.885. The summed E-state index contributed by atoms with van der Waals surface area (Å²) in [6, 6.07) is 7.75. The number of aromatic amines is 1. The summed E-state index contributed by atoms with van der Waals surface area (Å²) in [6.07, 6.45) is 5.57. The first kappa shape index (κ1) is 12.4. The van der Waals surface area contributed by atoms with Crippen LogP contribution in [0.3, 0.4) is 0 Å². The van der Waals surface area contributed by atoms with Crippen LogP contribution in [0.5, 0.6) is 0 Å². The summed E-state index contributed by atoms with van der Waals surface area (Å²) in [6.45, 7) is 2.09. The normalized spacial score (nSPS) is 23.9. The molecule has 1 aromatic carbocycles. The number of rotatable bonds is 4. The number of nitrogens with one attached hydrogen (secondary N) is 2. The van der Waals surface area contributed by atoms with Gasteiger partial charge in [0.15, 0.2) is 0 Å². The van der Waals surface area contributed by atoms with Gasteiger partial charge in [0.1, 0.15) is 11.6 Å². The first-order valence-electron chi connectivity index (χ1n) is 6.74. The molecule has 1 atom stereocenters. The zero-order valence-corrected chi connectivity index (χ0v) is 10.9. The van der Waals surface area contributed by atoms with E-state index < -0.39 is 0 Å². The Morgan fingerprint density at radius 1 is 1.37 bits per heavy atom. The summed E-state index contributed by atoms with van der Waals surface area (Å²) in [5.74, 6) is 1.22. The third-order valence-corrected chi connectivity index (χ3v) is 3.90. The Morgan fingerprint density at radius 3 is 2.84 bits per heavy atom. The second kappa shape index (κ2) is 5.13. The summed E-state index contributed by atoms with van der Waals surface area (Å²) in [7, 11) is 0. The molecule has 100 valence electrons. The van der Waals surface area contributed by atoms with Crippen molar-refractivity contribution in [2.45, 2.75) is 37.8 Å². The van der Waals surface area contributed by atoms with Gasteiger partial charge in [-0.05, 0) is 37.3 Å².